The van der Waals surface area contributed by atoms with E-state index in [4.69, 9.17) is 13.0 Å². The van der Waals surface area contributed by atoms with Crippen LogP contribution in [-0.4, -0.2) is 22.3 Å². The van der Waals surface area contributed by atoms with E-state index in [9.17, 15) is 4.79 Å². The Balaban J connectivity index is 4.19. The summed E-state index contributed by atoms with van der Waals surface area (Å²) in [7, 11) is 0. The number of hydrogen-bond acceptors (Lipinski definition) is 2. The molecule has 0 aliphatic heterocycles. The Labute approximate surface area is 44.4 Å². The Bertz CT molecular complexity index is 121. The molecule has 2 N–H and O–H groups in total. The first-order valence-corrected chi connectivity index (χ1v) is 1.80. The fraction of sp³-hybridized carbons (Fsp3) is 0.750. The summed E-state index contributed by atoms with van der Waals surface area (Å²) in [4.78, 5) is 9.93. The summed E-state index contributed by atoms with van der Waals surface area (Å²) < 4.78 is 13.3. The smallest absolute Gasteiger partial charge is 0.305 e. The largest absolute Gasteiger partial charge is 0.481 e. The first-order valence-electron chi connectivity index (χ1n) is 2.80. The number of aliphatic hydroxyl groups is 1. The van der Waals surface area contributed by atoms with Crippen LogP contribution in [-0.2, 0) is 4.79 Å². The second kappa shape index (κ2) is 2.58. The Morgan fingerprint density at radius 2 is 2.57 bits per heavy atom. The molecule has 3 heteroatoms. The molecule has 0 fully saturated rings. The maximum Gasteiger partial charge on any atom is 0.305 e. The zero-order chi connectivity index (χ0) is 7.65. The first kappa shape index (κ1) is 3.43. The van der Waals surface area contributed by atoms with Gasteiger partial charge in [-0.2, -0.15) is 0 Å². The molecule has 0 spiro atoms. The van der Waals surface area contributed by atoms with Crippen molar-refractivity contribution in [2.45, 2.75) is 19.4 Å². The van der Waals surface area contributed by atoms with Crippen LogP contribution < -0.4 is 0 Å². The van der Waals surface area contributed by atoms with Crippen molar-refractivity contribution in [1.82, 2.24) is 0 Å². The number of carbonyl (C=O) groups is 1. The molecule has 1 unspecified atom stereocenters. The third-order valence-electron chi connectivity index (χ3n) is 0.332. The van der Waals surface area contributed by atoms with Gasteiger partial charge in [0.15, 0.2) is 0 Å². The van der Waals surface area contributed by atoms with E-state index in [1.165, 1.54) is 0 Å². The van der Waals surface area contributed by atoms with Gasteiger partial charge in [0, 0.05) is 2.74 Å². The summed E-state index contributed by atoms with van der Waals surface area (Å²) in [6.07, 6.45) is -4.00. The van der Waals surface area contributed by atoms with Crippen LogP contribution in [0.2, 0.25) is 0 Å². The molecule has 42 valence electrons. The van der Waals surface area contributed by atoms with Gasteiger partial charge in [-0.25, -0.2) is 0 Å². The average Bonchev–Trinajstić information content (AvgIpc) is 1.65. The molecule has 0 saturated carbocycles. The van der Waals surface area contributed by atoms with Gasteiger partial charge in [-0.1, -0.05) is 0 Å². The number of hydrogen-bond donors (Lipinski definition) is 2. The molecule has 1 atom stereocenters. The van der Waals surface area contributed by atoms with Crippen LogP contribution in [0.15, 0.2) is 0 Å². The minimum absolute atomic E-state index is 1.09. The molecule has 7 heavy (non-hydrogen) atoms. The average molecular weight is 106 g/mol. The minimum atomic E-state index is -2.53. The number of aliphatic carboxylic acids is 1. The van der Waals surface area contributed by atoms with E-state index in [2.05, 4.69) is 0 Å². The van der Waals surface area contributed by atoms with Crippen molar-refractivity contribution in [2.24, 2.45) is 0 Å². The van der Waals surface area contributed by atoms with E-state index in [1.807, 2.05) is 0 Å². The minimum Gasteiger partial charge on any atom is -0.481 e. The zero-order valence-corrected chi connectivity index (χ0v) is 3.88. The SMILES string of the molecule is [2H]C([2H])(C(=O)O)C(C)O. The number of rotatable bonds is 2. The molecule has 0 radical (unpaired) electrons. The van der Waals surface area contributed by atoms with Gasteiger partial charge in [0.25, 0.3) is 0 Å². The molecule has 0 aromatic heterocycles. The van der Waals surface area contributed by atoms with E-state index in [0.29, 0.717) is 0 Å². The van der Waals surface area contributed by atoms with Gasteiger partial charge in [-0.15, -0.1) is 0 Å². The topological polar surface area (TPSA) is 57.5 Å². The molecule has 0 amide bonds. The summed E-state index contributed by atoms with van der Waals surface area (Å²) in [5, 5.41) is 16.6. The monoisotopic (exact) mass is 106 g/mol. The van der Waals surface area contributed by atoms with Crippen LogP contribution in [0.25, 0.3) is 0 Å². The van der Waals surface area contributed by atoms with Crippen LogP contribution in [0.3, 0.4) is 0 Å². The van der Waals surface area contributed by atoms with E-state index < -0.39 is 18.4 Å². The molecular weight excluding hydrogens is 96.0 g/mol. The molecule has 0 bridgehead atoms. The number of aliphatic hydroxyl groups excluding tert-OH is 1. The normalized spacial score (nSPS) is 19.7. The van der Waals surface area contributed by atoms with Crippen LogP contribution >= 0.6 is 0 Å². The van der Waals surface area contributed by atoms with Crippen molar-refractivity contribution in [3.05, 3.63) is 0 Å². The summed E-state index contributed by atoms with van der Waals surface area (Å²) in [6, 6.07) is 0. The number of carboxylic acid groups (broad SMARTS) is 1. The molecule has 0 saturated heterocycles. The van der Waals surface area contributed by atoms with Crippen molar-refractivity contribution in [3.63, 3.8) is 0 Å². The maximum absolute atomic E-state index is 9.93. The maximum atomic E-state index is 9.93. The van der Waals surface area contributed by atoms with Gasteiger partial charge in [-0.05, 0) is 6.92 Å². The van der Waals surface area contributed by atoms with Crippen LogP contribution in [0.5, 0.6) is 0 Å². The molecule has 0 aromatic rings. The lowest BCUT2D eigenvalue weighted by atomic mass is 10.3. The zero-order valence-electron chi connectivity index (χ0n) is 5.88. The molecular formula is C4H8O3. The second-order valence-corrected chi connectivity index (χ2v) is 1.13. The van der Waals surface area contributed by atoms with Gasteiger partial charge in [0.1, 0.15) is 0 Å². The van der Waals surface area contributed by atoms with Crippen molar-refractivity contribution < 1.29 is 17.7 Å². The van der Waals surface area contributed by atoms with Crippen LogP contribution in [0, 0.1) is 0 Å². The van der Waals surface area contributed by atoms with Crippen molar-refractivity contribution in [1.29, 1.82) is 0 Å². The van der Waals surface area contributed by atoms with E-state index in [-0.39, 0.29) is 0 Å². The van der Waals surface area contributed by atoms with Gasteiger partial charge < -0.3 is 10.2 Å². The Morgan fingerprint density at radius 3 is 2.57 bits per heavy atom. The van der Waals surface area contributed by atoms with Crippen LogP contribution in [0.4, 0.5) is 0 Å². The standard InChI is InChI=1S/C4H8O3/c1-3(5)2-4(6)7/h3,5H,2H2,1H3,(H,6,7)/i2D2. The Hall–Kier alpha value is -0.570. The lowest BCUT2D eigenvalue weighted by Gasteiger charge is -1.94. The number of carboxylic acids is 1. The highest BCUT2D eigenvalue weighted by atomic mass is 16.4. The fourth-order valence-electron chi connectivity index (χ4n) is 0.179. The molecule has 0 aliphatic carbocycles. The highest BCUT2D eigenvalue weighted by Gasteiger charge is 2.00. The Kier molecular flexibility index (Phi) is 1.26. The predicted molar refractivity (Wildman–Crippen MR) is 23.9 cm³/mol. The highest BCUT2D eigenvalue weighted by Crippen LogP contribution is 1.85. The first-order chi connectivity index (χ1) is 3.89. The van der Waals surface area contributed by atoms with E-state index in [0.717, 1.165) is 6.92 Å². The molecule has 0 aromatic carbocycles. The van der Waals surface area contributed by atoms with Crippen LogP contribution in [0.1, 0.15) is 16.0 Å². The van der Waals surface area contributed by atoms with E-state index in [1.54, 1.807) is 0 Å². The summed E-state index contributed by atoms with van der Waals surface area (Å²) in [5.41, 5.74) is 0. The highest BCUT2D eigenvalue weighted by molar-refractivity contribution is 5.67. The lowest BCUT2D eigenvalue weighted by Crippen LogP contribution is -2.07. The lowest BCUT2D eigenvalue weighted by molar-refractivity contribution is -0.138. The molecule has 0 rings (SSSR count). The summed E-state index contributed by atoms with van der Waals surface area (Å²) in [5.74, 6) is -1.64. The third-order valence-corrected chi connectivity index (χ3v) is 0.332. The van der Waals surface area contributed by atoms with Crippen molar-refractivity contribution >= 4 is 5.97 Å². The fourth-order valence-corrected chi connectivity index (χ4v) is 0.179. The summed E-state index contributed by atoms with van der Waals surface area (Å²) >= 11 is 0. The van der Waals surface area contributed by atoms with Crippen molar-refractivity contribution in [3.8, 4) is 0 Å². The molecule has 0 aliphatic rings. The van der Waals surface area contributed by atoms with Gasteiger partial charge in [0.05, 0.1) is 12.5 Å². The second-order valence-electron chi connectivity index (χ2n) is 1.13. The molecule has 0 heterocycles. The quantitative estimate of drug-likeness (QED) is 0.514. The third kappa shape index (κ3) is 5.43. The van der Waals surface area contributed by atoms with E-state index >= 15 is 0 Å². The summed E-state index contributed by atoms with van der Waals surface area (Å²) in [6.45, 7) is 1.09. The molecule has 3 nitrogen and oxygen atoms in total. The van der Waals surface area contributed by atoms with Gasteiger partial charge in [0.2, 0.25) is 0 Å². The predicted octanol–water partition coefficient (Wildman–Crippen LogP) is -0.158. The Morgan fingerprint density at radius 1 is 2.14 bits per heavy atom. The van der Waals surface area contributed by atoms with Gasteiger partial charge >= 0.3 is 5.97 Å². The van der Waals surface area contributed by atoms with Gasteiger partial charge in [-0.3, -0.25) is 4.79 Å². The van der Waals surface area contributed by atoms with Crippen molar-refractivity contribution in [2.75, 3.05) is 0 Å².